The molecule has 0 bridgehead atoms. The summed E-state index contributed by atoms with van der Waals surface area (Å²) in [5.74, 6) is 0.316. The summed E-state index contributed by atoms with van der Waals surface area (Å²) < 4.78 is 75.0. The molecule has 0 spiro atoms. The van der Waals surface area contributed by atoms with Gasteiger partial charge in [-0.15, -0.1) is 0 Å². The zero-order valence-corrected chi connectivity index (χ0v) is 28.9. The van der Waals surface area contributed by atoms with E-state index in [1.54, 1.807) is 36.7 Å². The molecule has 1 saturated heterocycles. The average molecular weight is 685 g/mol. The van der Waals surface area contributed by atoms with Gasteiger partial charge in [-0.2, -0.15) is 22.7 Å². The minimum Gasteiger partial charge on any atom is -0.415 e. The lowest BCUT2D eigenvalue weighted by Gasteiger charge is -2.36. The molecule has 14 heteroatoms. The largest absolute Gasteiger partial charge is 0.417 e. The first-order chi connectivity index (χ1) is 22.0. The SMILES string of the molecule is CC(C)(C)[Si](C)(C)OCCn1cc(C#N)c2cc(-c3ccc(S(=O)(=O)N4CCC(Nc5ccc(C(F)(F)F)cn5)CC4)cc3)cnc21. The molecular formula is C33H39F3N6O3SSi. The molecule has 0 radical (unpaired) electrons. The first-order valence-corrected chi connectivity index (χ1v) is 19.8. The number of fused-ring (bicyclic) bond motifs is 1. The summed E-state index contributed by atoms with van der Waals surface area (Å²) in [6.07, 6.45) is 0.809. The number of aromatic nitrogens is 3. The molecule has 1 aliphatic rings. The Labute approximate surface area is 274 Å². The Morgan fingerprint density at radius 3 is 2.28 bits per heavy atom. The van der Waals surface area contributed by atoms with Gasteiger partial charge < -0.3 is 14.3 Å². The number of nitriles is 1. The molecule has 4 aromatic rings. The summed E-state index contributed by atoms with van der Waals surface area (Å²) in [7, 11) is -5.67. The van der Waals surface area contributed by atoms with E-state index in [-0.39, 0.29) is 29.1 Å². The molecule has 3 aromatic heterocycles. The van der Waals surface area contributed by atoms with Crippen LogP contribution in [0.5, 0.6) is 0 Å². The highest BCUT2D eigenvalue weighted by Gasteiger charge is 2.37. The summed E-state index contributed by atoms with van der Waals surface area (Å²) >= 11 is 0. The molecule has 0 atom stereocenters. The van der Waals surface area contributed by atoms with Crippen LogP contribution in [0.2, 0.25) is 18.1 Å². The zero-order valence-electron chi connectivity index (χ0n) is 27.1. The quantitative estimate of drug-likeness (QED) is 0.185. The van der Waals surface area contributed by atoms with E-state index in [9.17, 15) is 26.9 Å². The third-order valence-corrected chi connectivity index (χ3v) is 15.6. The van der Waals surface area contributed by atoms with E-state index in [0.717, 1.165) is 28.8 Å². The number of piperidine rings is 1. The fourth-order valence-corrected chi connectivity index (χ4v) is 7.77. The highest BCUT2D eigenvalue weighted by atomic mass is 32.2. The van der Waals surface area contributed by atoms with Gasteiger partial charge in [-0.25, -0.2) is 18.4 Å². The Kier molecular flexibility index (Phi) is 9.58. The van der Waals surface area contributed by atoms with E-state index in [0.29, 0.717) is 43.0 Å². The van der Waals surface area contributed by atoms with Gasteiger partial charge in [0.1, 0.15) is 17.5 Å². The molecule has 1 aromatic carbocycles. The minimum atomic E-state index is -4.46. The standard InChI is InChI=1S/C33H39F3N6O3SSi/c1-32(2,3)47(4,5)45-17-16-41-22-25(19-37)29-18-24(20-39-31(29)41)23-6-9-28(10-7-23)46(43,44)42-14-12-27(13-15-42)40-30-11-8-26(21-38-30)33(34,35)36/h6-11,18,20-22,27H,12-17H2,1-5H3,(H,38,40). The maximum Gasteiger partial charge on any atom is 0.417 e. The van der Waals surface area contributed by atoms with Crippen molar-refractivity contribution in [1.82, 2.24) is 18.8 Å². The van der Waals surface area contributed by atoms with Crippen LogP contribution in [0.4, 0.5) is 19.0 Å². The number of hydrogen-bond acceptors (Lipinski definition) is 7. The molecule has 250 valence electrons. The molecule has 9 nitrogen and oxygen atoms in total. The van der Waals surface area contributed by atoms with Gasteiger partial charge in [0, 0.05) is 55.2 Å². The van der Waals surface area contributed by atoms with Crippen LogP contribution in [0.25, 0.3) is 22.2 Å². The van der Waals surface area contributed by atoms with E-state index in [1.165, 1.54) is 10.4 Å². The van der Waals surface area contributed by atoms with Crippen molar-refractivity contribution >= 4 is 35.2 Å². The maximum absolute atomic E-state index is 13.4. The molecule has 1 aliphatic heterocycles. The van der Waals surface area contributed by atoms with Gasteiger partial charge in [-0.1, -0.05) is 32.9 Å². The molecule has 5 rings (SSSR count). The van der Waals surface area contributed by atoms with E-state index >= 15 is 0 Å². The van der Waals surface area contributed by atoms with E-state index in [1.807, 2.05) is 10.6 Å². The summed E-state index contributed by atoms with van der Waals surface area (Å²) in [6, 6.07) is 12.9. The fraction of sp³-hybridized carbons (Fsp3) is 0.424. The van der Waals surface area contributed by atoms with Gasteiger partial charge in [-0.05, 0) is 66.9 Å². The molecule has 1 fully saturated rings. The van der Waals surface area contributed by atoms with Crippen LogP contribution < -0.4 is 5.32 Å². The first kappa shape index (κ1) is 34.6. The van der Waals surface area contributed by atoms with Crippen molar-refractivity contribution in [3.8, 4) is 17.2 Å². The summed E-state index contributed by atoms with van der Waals surface area (Å²) in [6.45, 7) is 12.6. The average Bonchev–Trinajstić information content (AvgIpc) is 3.37. The fourth-order valence-electron chi connectivity index (χ4n) is 5.27. The zero-order chi connectivity index (χ0) is 34.2. The third kappa shape index (κ3) is 7.54. The van der Waals surface area contributed by atoms with Gasteiger partial charge in [0.05, 0.1) is 22.6 Å². The number of alkyl halides is 3. The van der Waals surface area contributed by atoms with Crippen LogP contribution in [0.1, 0.15) is 44.7 Å². The Bertz CT molecular complexity index is 1870. The lowest BCUT2D eigenvalue weighted by molar-refractivity contribution is -0.137. The Morgan fingerprint density at radius 2 is 1.70 bits per heavy atom. The van der Waals surface area contributed by atoms with Crippen molar-refractivity contribution in [3.63, 3.8) is 0 Å². The van der Waals surface area contributed by atoms with Crippen LogP contribution in [0.3, 0.4) is 0 Å². The van der Waals surface area contributed by atoms with Gasteiger partial charge in [0.15, 0.2) is 8.32 Å². The smallest absolute Gasteiger partial charge is 0.415 e. The van der Waals surface area contributed by atoms with E-state index in [4.69, 9.17) is 4.43 Å². The summed E-state index contributed by atoms with van der Waals surface area (Å²) in [5.41, 5.74) is 1.90. The van der Waals surface area contributed by atoms with E-state index in [2.05, 4.69) is 55.2 Å². The molecule has 0 aliphatic carbocycles. The van der Waals surface area contributed by atoms with Crippen molar-refractivity contribution in [1.29, 1.82) is 5.26 Å². The number of rotatable bonds is 9. The lowest BCUT2D eigenvalue weighted by Crippen LogP contribution is -2.42. The van der Waals surface area contributed by atoms with Crippen LogP contribution >= 0.6 is 0 Å². The lowest BCUT2D eigenvalue weighted by atomic mass is 10.1. The highest BCUT2D eigenvalue weighted by molar-refractivity contribution is 7.89. The predicted octanol–water partition coefficient (Wildman–Crippen LogP) is 7.28. The molecule has 0 amide bonds. The number of benzene rings is 1. The predicted molar refractivity (Wildman–Crippen MR) is 178 cm³/mol. The van der Waals surface area contributed by atoms with Crippen molar-refractivity contribution in [2.45, 2.75) is 75.4 Å². The summed E-state index contributed by atoms with van der Waals surface area (Å²) in [4.78, 5) is 8.68. The highest BCUT2D eigenvalue weighted by Crippen LogP contribution is 2.37. The van der Waals surface area contributed by atoms with Gasteiger partial charge >= 0.3 is 6.18 Å². The molecule has 1 N–H and O–H groups in total. The van der Waals surface area contributed by atoms with Gasteiger partial charge in [-0.3, -0.25) is 0 Å². The molecule has 0 saturated carbocycles. The molecule has 47 heavy (non-hydrogen) atoms. The topological polar surface area (TPSA) is 113 Å². The third-order valence-electron chi connectivity index (χ3n) is 9.16. The monoisotopic (exact) mass is 684 g/mol. The second-order valence-corrected chi connectivity index (χ2v) is 20.1. The molecular weight excluding hydrogens is 646 g/mol. The van der Waals surface area contributed by atoms with Gasteiger partial charge in [0.25, 0.3) is 0 Å². The number of hydrogen-bond donors (Lipinski definition) is 1. The second kappa shape index (κ2) is 13.0. The first-order valence-electron chi connectivity index (χ1n) is 15.4. The van der Waals surface area contributed by atoms with Crippen LogP contribution in [0, 0.1) is 11.3 Å². The van der Waals surface area contributed by atoms with Crippen molar-refractivity contribution in [2.75, 3.05) is 25.0 Å². The molecule has 4 heterocycles. The number of pyridine rings is 2. The minimum absolute atomic E-state index is 0.0960. The van der Waals surface area contributed by atoms with Crippen molar-refractivity contribution in [2.24, 2.45) is 0 Å². The van der Waals surface area contributed by atoms with E-state index < -0.39 is 30.1 Å². The maximum atomic E-state index is 13.4. The Morgan fingerprint density at radius 1 is 1.02 bits per heavy atom. The van der Waals surface area contributed by atoms with Crippen molar-refractivity contribution < 1.29 is 26.0 Å². The van der Waals surface area contributed by atoms with Crippen molar-refractivity contribution in [3.05, 3.63) is 72.2 Å². The Balaban J connectivity index is 1.23. The second-order valence-electron chi connectivity index (χ2n) is 13.3. The van der Waals surface area contributed by atoms with Crippen LogP contribution in [-0.2, 0) is 27.2 Å². The number of nitrogens with zero attached hydrogens (tertiary/aromatic N) is 5. The number of sulfonamides is 1. The van der Waals surface area contributed by atoms with Gasteiger partial charge in [0.2, 0.25) is 10.0 Å². The molecule has 0 unspecified atom stereocenters. The normalized spacial score (nSPS) is 15.6. The number of anilines is 1. The Hall–Kier alpha value is -3.77. The number of nitrogens with one attached hydrogen (secondary N) is 1. The summed E-state index contributed by atoms with van der Waals surface area (Å²) in [5, 5.41) is 13.7. The number of halogens is 3. The van der Waals surface area contributed by atoms with Crippen LogP contribution in [0.15, 0.2) is 66.0 Å². The van der Waals surface area contributed by atoms with Crippen LogP contribution in [-0.4, -0.2) is 61.3 Å².